The van der Waals surface area contributed by atoms with E-state index in [2.05, 4.69) is 10.1 Å². The lowest BCUT2D eigenvalue weighted by atomic mass is 9.85. The lowest BCUT2D eigenvalue weighted by Gasteiger charge is -2.25. The van der Waals surface area contributed by atoms with E-state index in [1.165, 1.54) is 13.8 Å². The Morgan fingerprint density at radius 3 is 2.58 bits per heavy atom. The molecule has 2 aromatic rings. The number of halogens is 4. The maximum absolute atomic E-state index is 13.7. The molecular formula is C16H22F4N4O2. The molecule has 0 aliphatic carbocycles. The highest BCUT2D eigenvalue weighted by atomic mass is 19.4. The van der Waals surface area contributed by atoms with Gasteiger partial charge in [0.1, 0.15) is 5.52 Å². The average Bonchev–Trinajstić information content (AvgIpc) is 2.83. The average molecular weight is 378 g/mol. The molecule has 0 amide bonds. The largest absolute Gasteiger partial charge is 0.391 e. The van der Waals surface area contributed by atoms with Crippen LogP contribution in [0.3, 0.4) is 0 Å². The summed E-state index contributed by atoms with van der Waals surface area (Å²) in [5, 5.41) is 12.6. The van der Waals surface area contributed by atoms with Gasteiger partial charge in [-0.3, -0.25) is 0 Å². The van der Waals surface area contributed by atoms with Gasteiger partial charge in [0, 0.05) is 12.0 Å². The number of rotatable bonds is 2. The van der Waals surface area contributed by atoms with E-state index in [4.69, 9.17) is 15.6 Å². The summed E-state index contributed by atoms with van der Waals surface area (Å²) >= 11 is 0. The van der Waals surface area contributed by atoms with Crippen LogP contribution in [0.4, 0.5) is 23.5 Å². The predicted molar refractivity (Wildman–Crippen MR) is 87.1 cm³/mol. The molecule has 2 aromatic heterocycles. The molecule has 3 heterocycles. The van der Waals surface area contributed by atoms with Gasteiger partial charge in [0.25, 0.3) is 0 Å². The Morgan fingerprint density at radius 2 is 2.08 bits per heavy atom. The third-order valence-corrected chi connectivity index (χ3v) is 3.96. The van der Waals surface area contributed by atoms with Crippen molar-refractivity contribution in [3.8, 4) is 0 Å². The Morgan fingerprint density at radius 1 is 1.38 bits per heavy atom. The molecule has 1 fully saturated rings. The zero-order valence-corrected chi connectivity index (χ0v) is 14.6. The van der Waals surface area contributed by atoms with Crippen LogP contribution in [0.15, 0.2) is 12.3 Å². The summed E-state index contributed by atoms with van der Waals surface area (Å²) in [6.45, 7) is 4.12. The zero-order chi connectivity index (χ0) is 19.5. The number of hydrogen-bond acceptors (Lipinski definition) is 5. The summed E-state index contributed by atoms with van der Waals surface area (Å²) in [4.78, 5) is 3.62. The maximum atomic E-state index is 13.7. The molecule has 1 atom stereocenters. The van der Waals surface area contributed by atoms with Crippen molar-refractivity contribution in [3.63, 3.8) is 0 Å². The Kier molecular flexibility index (Phi) is 6.07. The Labute approximate surface area is 148 Å². The van der Waals surface area contributed by atoms with Crippen LogP contribution in [0.2, 0.25) is 0 Å². The second-order valence-electron chi connectivity index (χ2n) is 6.84. The first kappa shape index (κ1) is 20.4. The second kappa shape index (κ2) is 7.75. The molecule has 3 N–H and O–H groups in total. The minimum absolute atomic E-state index is 0.000510. The molecule has 26 heavy (non-hydrogen) atoms. The molecule has 0 radical (unpaired) electrons. The Hall–Kier alpha value is -1.94. The fraction of sp³-hybridized carbons (Fsp3) is 0.625. The van der Waals surface area contributed by atoms with E-state index in [-0.39, 0.29) is 23.3 Å². The van der Waals surface area contributed by atoms with E-state index in [0.717, 1.165) is 36.2 Å². The zero-order valence-electron chi connectivity index (χ0n) is 14.6. The molecule has 10 heteroatoms. The number of nitrogen functional groups attached to an aromatic ring is 1. The van der Waals surface area contributed by atoms with Gasteiger partial charge in [-0.05, 0) is 18.9 Å². The van der Waals surface area contributed by atoms with Crippen molar-refractivity contribution in [2.45, 2.75) is 50.8 Å². The predicted octanol–water partition coefficient (Wildman–Crippen LogP) is 2.84. The third-order valence-electron chi connectivity index (χ3n) is 3.96. The molecule has 1 unspecified atom stereocenters. The third kappa shape index (κ3) is 5.28. The topological polar surface area (TPSA) is 85.7 Å². The van der Waals surface area contributed by atoms with E-state index in [9.17, 15) is 17.6 Å². The van der Waals surface area contributed by atoms with Crippen molar-refractivity contribution < 1.29 is 27.4 Å². The van der Waals surface area contributed by atoms with Gasteiger partial charge in [0.15, 0.2) is 5.82 Å². The van der Waals surface area contributed by atoms with Gasteiger partial charge >= 0.3 is 6.18 Å². The van der Waals surface area contributed by atoms with Crippen molar-refractivity contribution >= 4 is 11.5 Å². The summed E-state index contributed by atoms with van der Waals surface area (Å²) in [5.41, 5.74) is 4.16. The SMILES string of the molecule is CC(C)(CC(F)(F)F)c1cc(F)c2cnc(N)nn12.OC1CCCOC1. The molecule has 1 aliphatic heterocycles. The first-order valence-corrected chi connectivity index (χ1v) is 8.12. The van der Waals surface area contributed by atoms with E-state index in [0.29, 0.717) is 6.61 Å². The normalized spacial score (nSPS) is 18.5. The van der Waals surface area contributed by atoms with Crippen LogP contribution in [-0.2, 0) is 10.2 Å². The maximum Gasteiger partial charge on any atom is 0.390 e. The molecule has 0 aromatic carbocycles. The van der Waals surface area contributed by atoms with Crippen LogP contribution in [0, 0.1) is 5.82 Å². The van der Waals surface area contributed by atoms with Crippen molar-refractivity contribution in [2.75, 3.05) is 18.9 Å². The van der Waals surface area contributed by atoms with E-state index >= 15 is 0 Å². The molecule has 146 valence electrons. The minimum Gasteiger partial charge on any atom is -0.391 e. The molecule has 0 saturated carbocycles. The van der Waals surface area contributed by atoms with Crippen molar-refractivity contribution in [1.82, 2.24) is 14.6 Å². The van der Waals surface area contributed by atoms with Crippen LogP contribution in [0.5, 0.6) is 0 Å². The number of fused-ring (bicyclic) bond motifs is 1. The van der Waals surface area contributed by atoms with Gasteiger partial charge in [-0.15, -0.1) is 5.10 Å². The summed E-state index contributed by atoms with van der Waals surface area (Å²) in [7, 11) is 0. The Bertz CT molecular complexity index is 740. The van der Waals surface area contributed by atoms with Gasteiger partial charge < -0.3 is 15.6 Å². The molecule has 0 bridgehead atoms. The second-order valence-corrected chi connectivity index (χ2v) is 6.84. The smallest absolute Gasteiger partial charge is 0.390 e. The van der Waals surface area contributed by atoms with Gasteiger partial charge in [-0.2, -0.15) is 13.2 Å². The van der Waals surface area contributed by atoms with Crippen LogP contribution in [-0.4, -0.2) is 45.2 Å². The van der Waals surface area contributed by atoms with E-state index in [1.807, 2.05) is 0 Å². The highest BCUT2D eigenvalue weighted by Gasteiger charge is 2.39. The van der Waals surface area contributed by atoms with Crippen molar-refractivity contribution in [3.05, 3.63) is 23.8 Å². The molecule has 3 rings (SSSR count). The molecule has 0 spiro atoms. The number of aliphatic hydroxyl groups excluding tert-OH is 1. The minimum atomic E-state index is -4.36. The summed E-state index contributed by atoms with van der Waals surface area (Å²) in [6.07, 6.45) is -2.56. The highest BCUT2D eigenvalue weighted by Crippen LogP contribution is 2.37. The van der Waals surface area contributed by atoms with Crippen LogP contribution < -0.4 is 5.73 Å². The van der Waals surface area contributed by atoms with E-state index in [1.54, 1.807) is 0 Å². The number of ether oxygens (including phenoxy) is 1. The summed E-state index contributed by atoms with van der Waals surface area (Å²) in [5.74, 6) is -0.808. The number of aromatic nitrogens is 3. The molecule has 1 saturated heterocycles. The number of nitrogens with zero attached hydrogens (tertiary/aromatic N) is 3. The van der Waals surface area contributed by atoms with Gasteiger partial charge in [-0.25, -0.2) is 13.9 Å². The summed E-state index contributed by atoms with van der Waals surface area (Å²) in [6, 6.07) is 1.04. The molecular weight excluding hydrogens is 356 g/mol. The fourth-order valence-electron chi connectivity index (χ4n) is 2.76. The van der Waals surface area contributed by atoms with E-state index < -0.39 is 23.8 Å². The van der Waals surface area contributed by atoms with Crippen LogP contribution in [0.1, 0.15) is 38.8 Å². The molecule has 6 nitrogen and oxygen atoms in total. The first-order chi connectivity index (χ1) is 12.0. The number of anilines is 1. The van der Waals surface area contributed by atoms with Crippen molar-refractivity contribution in [1.29, 1.82) is 0 Å². The lowest BCUT2D eigenvalue weighted by molar-refractivity contribution is -0.146. The van der Waals surface area contributed by atoms with Gasteiger partial charge in [-0.1, -0.05) is 13.8 Å². The summed E-state index contributed by atoms with van der Waals surface area (Å²) < 4.78 is 57.4. The van der Waals surface area contributed by atoms with Gasteiger partial charge in [0.05, 0.1) is 31.0 Å². The van der Waals surface area contributed by atoms with Crippen LogP contribution in [0.25, 0.3) is 5.52 Å². The highest BCUT2D eigenvalue weighted by molar-refractivity contribution is 5.50. The van der Waals surface area contributed by atoms with Gasteiger partial charge in [0.2, 0.25) is 5.95 Å². The standard InChI is InChI=1S/C11H12F4N4.C5H10O2/c1-10(2,5-11(13,14)15)8-3-6(12)7-4-17-9(16)18-19(7)8;6-5-2-1-3-7-4-5/h3-4H,5H2,1-2H3,(H2,16,18);5-6H,1-4H2. The monoisotopic (exact) mass is 378 g/mol. The Balaban J connectivity index is 0.000000290. The van der Waals surface area contributed by atoms with Crippen molar-refractivity contribution in [2.24, 2.45) is 0 Å². The number of aliphatic hydroxyl groups is 1. The molecule has 1 aliphatic rings. The van der Waals surface area contributed by atoms with Crippen LogP contribution >= 0.6 is 0 Å². The first-order valence-electron chi connectivity index (χ1n) is 8.12. The lowest BCUT2D eigenvalue weighted by Crippen LogP contribution is -2.28. The number of nitrogens with two attached hydrogens (primary N) is 1. The number of hydrogen-bond donors (Lipinski definition) is 2. The number of alkyl halides is 3. The fourth-order valence-corrected chi connectivity index (χ4v) is 2.76. The quantitative estimate of drug-likeness (QED) is 0.785.